The zero-order chi connectivity index (χ0) is 24.9. The van der Waals surface area contributed by atoms with Crippen LogP contribution in [0.4, 0.5) is 19.0 Å². The average Bonchev–Trinajstić information content (AvgIpc) is 3.54. The predicted octanol–water partition coefficient (Wildman–Crippen LogP) is 3.68. The molecule has 3 aliphatic rings. The number of nitrogens with one attached hydrogen (secondary N) is 1. The van der Waals surface area contributed by atoms with Crippen molar-refractivity contribution < 1.29 is 27.4 Å². The Morgan fingerprint density at radius 3 is 2.61 bits per heavy atom. The molecule has 0 unspecified atom stereocenters. The minimum atomic E-state index is -4.80. The van der Waals surface area contributed by atoms with Gasteiger partial charge in [-0.15, -0.1) is 28.5 Å². The summed E-state index contributed by atoms with van der Waals surface area (Å²) in [5.41, 5.74) is 0.753. The number of fused-ring (bicyclic) bond motifs is 3. The van der Waals surface area contributed by atoms with Crippen molar-refractivity contribution >= 4 is 11.5 Å². The second-order valence-corrected chi connectivity index (χ2v) is 9.97. The lowest BCUT2D eigenvalue weighted by molar-refractivity contribution is -0.274. The van der Waals surface area contributed by atoms with Crippen molar-refractivity contribution in [1.82, 2.24) is 25.1 Å². The topological polar surface area (TPSA) is 86.0 Å². The van der Waals surface area contributed by atoms with E-state index in [1.807, 2.05) is 7.05 Å². The fourth-order valence-electron chi connectivity index (χ4n) is 4.88. The fourth-order valence-corrected chi connectivity index (χ4v) is 4.88. The number of hydrogen-bond donors (Lipinski definition) is 1. The molecule has 12 heteroatoms. The molecule has 4 heterocycles. The van der Waals surface area contributed by atoms with Gasteiger partial charge in [0.05, 0.1) is 13.2 Å². The van der Waals surface area contributed by atoms with Crippen LogP contribution in [0.15, 0.2) is 24.3 Å². The minimum absolute atomic E-state index is 0.00695. The van der Waals surface area contributed by atoms with E-state index in [-0.39, 0.29) is 17.0 Å². The van der Waals surface area contributed by atoms with Crippen LogP contribution in [0, 0.1) is 11.3 Å². The van der Waals surface area contributed by atoms with Crippen LogP contribution in [0.1, 0.15) is 25.7 Å². The van der Waals surface area contributed by atoms with E-state index in [9.17, 15) is 13.2 Å². The summed E-state index contributed by atoms with van der Waals surface area (Å²) in [7, 11) is 1.97. The third kappa shape index (κ3) is 4.49. The van der Waals surface area contributed by atoms with Gasteiger partial charge in [-0.2, -0.15) is 4.52 Å². The highest BCUT2D eigenvalue weighted by atomic mass is 19.4. The lowest BCUT2D eigenvalue weighted by Gasteiger charge is -2.29. The van der Waals surface area contributed by atoms with E-state index in [0.717, 1.165) is 45.3 Å². The molecule has 1 aromatic carbocycles. The molecule has 6 rings (SSSR count). The van der Waals surface area contributed by atoms with Gasteiger partial charge in [0.2, 0.25) is 17.1 Å². The zero-order valence-corrected chi connectivity index (χ0v) is 19.8. The SMILES string of the molecule is CN(CC1CCNCC1)c1nn2c(-c3cccc(OC(F)(F)F)c3)nnc2c2c1OCC1(CC1)CO2. The molecule has 1 N–H and O–H groups in total. The first-order valence-electron chi connectivity index (χ1n) is 12.1. The second-order valence-electron chi connectivity index (χ2n) is 9.97. The second kappa shape index (κ2) is 8.68. The van der Waals surface area contributed by atoms with Crippen molar-refractivity contribution in [3.63, 3.8) is 0 Å². The van der Waals surface area contributed by atoms with Gasteiger partial charge in [-0.3, -0.25) is 0 Å². The number of alkyl halides is 3. The van der Waals surface area contributed by atoms with E-state index in [2.05, 4.69) is 25.2 Å². The molecule has 192 valence electrons. The number of piperidine rings is 1. The first kappa shape index (κ1) is 23.1. The molecule has 1 saturated carbocycles. The molecule has 0 bridgehead atoms. The Bertz CT molecular complexity index is 1270. The highest BCUT2D eigenvalue weighted by Gasteiger charge is 2.47. The maximum atomic E-state index is 12.8. The summed E-state index contributed by atoms with van der Waals surface area (Å²) in [6.07, 6.45) is -0.586. The number of aromatic nitrogens is 4. The smallest absolute Gasteiger partial charge is 0.486 e. The number of anilines is 1. The third-order valence-electron chi connectivity index (χ3n) is 7.13. The van der Waals surface area contributed by atoms with Gasteiger partial charge in [0.15, 0.2) is 11.6 Å². The number of nitrogens with zero attached hydrogens (tertiary/aromatic N) is 5. The van der Waals surface area contributed by atoms with Gasteiger partial charge in [0.25, 0.3) is 0 Å². The Morgan fingerprint density at radius 2 is 1.89 bits per heavy atom. The van der Waals surface area contributed by atoms with Crippen LogP contribution in [0.25, 0.3) is 17.0 Å². The maximum absolute atomic E-state index is 12.8. The molecule has 1 aliphatic carbocycles. The first-order valence-corrected chi connectivity index (χ1v) is 12.1. The molecule has 36 heavy (non-hydrogen) atoms. The Hall–Kier alpha value is -3.28. The first-order chi connectivity index (χ1) is 17.3. The maximum Gasteiger partial charge on any atom is 0.573 e. The summed E-state index contributed by atoms with van der Waals surface area (Å²) >= 11 is 0. The van der Waals surface area contributed by atoms with Crippen LogP contribution in [0.5, 0.6) is 17.2 Å². The normalized spacial score (nSPS) is 19.3. The number of hydrogen-bond acceptors (Lipinski definition) is 8. The number of benzene rings is 1. The molecular weight excluding hydrogens is 477 g/mol. The van der Waals surface area contributed by atoms with Crippen molar-refractivity contribution in [2.24, 2.45) is 11.3 Å². The van der Waals surface area contributed by atoms with Crippen molar-refractivity contribution in [2.45, 2.75) is 32.0 Å². The van der Waals surface area contributed by atoms with E-state index >= 15 is 0 Å². The van der Waals surface area contributed by atoms with Crippen molar-refractivity contribution in [1.29, 1.82) is 0 Å². The molecule has 2 aliphatic heterocycles. The number of ether oxygens (including phenoxy) is 3. The Labute approximate surface area is 205 Å². The molecule has 0 atom stereocenters. The molecule has 1 saturated heterocycles. The van der Waals surface area contributed by atoms with E-state index in [4.69, 9.17) is 14.6 Å². The Balaban J connectivity index is 1.42. The molecule has 1 spiro atoms. The van der Waals surface area contributed by atoms with E-state index in [1.165, 1.54) is 22.7 Å². The lowest BCUT2D eigenvalue weighted by atomic mass is 9.98. The van der Waals surface area contributed by atoms with E-state index in [0.29, 0.717) is 47.7 Å². The molecule has 0 radical (unpaired) electrons. The summed E-state index contributed by atoms with van der Waals surface area (Å²) in [4.78, 5) is 2.06. The molecule has 9 nitrogen and oxygen atoms in total. The van der Waals surface area contributed by atoms with Crippen LogP contribution in [-0.2, 0) is 0 Å². The number of halogens is 3. The van der Waals surface area contributed by atoms with Crippen molar-refractivity contribution in [2.75, 3.05) is 44.8 Å². The van der Waals surface area contributed by atoms with Gasteiger partial charge in [0, 0.05) is 24.6 Å². The zero-order valence-electron chi connectivity index (χ0n) is 19.8. The highest BCUT2D eigenvalue weighted by Crippen LogP contribution is 2.51. The average molecular weight is 505 g/mol. The van der Waals surface area contributed by atoms with Crippen molar-refractivity contribution in [3.8, 4) is 28.6 Å². The van der Waals surface area contributed by atoms with E-state index in [1.54, 1.807) is 6.07 Å². The van der Waals surface area contributed by atoms with Gasteiger partial charge >= 0.3 is 6.36 Å². The number of rotatable bonds is 5. The standard InChI is InChI=1S/C24H27F3N6O3/c1-32(12-15-5-9-28-10-6-15)22-19-18(34-13-23(7-8-23)14-35-19)21-30-29-20(33(21)31-22)16-3-2-4-17(11-16)36-24(25,26)27/h2-4,11,15,28H,5-10,12-14H2,1H3. The van der Waals surface area contributed by atoms with Gasteiger partial charge in [-0.1, -0.05) is 12.1 Å². The quantitative estimate of drug-likeness (QED) is 0.564. The molecular formula is C24H27F3N6O3. The van der Waals surface area contributed by atoms with Gasteiger partial charge in [0.1, 0.15) is 5.75 Å². The summed E-state index contributed by atoms with van der Waals surface area (Å²) in [6.45, 7) is 3.81. The van der Waals surface area contributed by atoms with Crippen molar-refractivity contribution in [3.05, 3.63) is 24.3 Å². The summed E-state index contributed by atoms with van der Waals surface area (Å²) in [6, 6.07) is 5.62. The third-order valence-corrected chi connectivity index (χ3v) is 7.13. The monoisotopic (exact) mass is 504 g/mol. The largest absolute Gasteiger partial charge is 0.573 e. The van der Waals surface area contributed by atoms with Gasteiger partial charge < -0.3 is 24.4 Å². The van der Waals surface area contributed by atoms with E-state index < -0.39 is 6.36 Å². The van der Waals surface area contributed by atoms with Gasteiger partial charge in [-0.25, -0.2) is 0 Å². The van der Waals surface area contributed by atoms with Crippen LogP contribution in [0.3, 0.4) is 0 Å². The van der Waals surface area contributed by atoms with Crippen LogP contribution >= 0.6 is 0 Å². The Kier molecular flexibility index (Phi) is 5.58. The molecule has 3 aromatic rings. The minimum Gasteiger partial charge on any atom is -0.486 e. The summed E-state index contributed by atoms with van der Waals surface area (Å²) < 4.78 is 56.5. The van der Waals surface area contributed by atoms with Crippen LogP contribution in [-0.4, -0.2) is 66.1 Å². The predicted molar refractivity (Wildman–Crippen MR) is 124 cm³/mol. The fraction of sp³-hybridized carbons (Fsp3) is 0.542. The Morgan fingerprint density at radius 1 is 1.14 bits per heavy atom. The molecule has 2 aromatic heterocycles. The lowest BCUT2D eigenvalue weighted by Crippen LogP contribution is -2.35. The summed E-state index contributed by atoms with van der Waals surface area (Å²) in [5, 5.41) is 16.8. The summed E-state index contributed by atoms with van der Waals surface area (Å²) in [5.74, 6) is 2.04. The molecule has 0 amide bonds. The highest BCUT2D eigenvalue weighted by molar-refractivity contribution is 5.73. The van der Waals surface area contributed by atoms with Crippen LogP contribution < -0.4 is 24.4 Å². The van der Waals surface area contributed by atoms with Crippen LogP contribution in [0.2, 0.25) is 0 Å². The van der Waals surface area contributed by atoms with Gasteiger partial charge in [-0.05, 0) is 56.8 Å². The molecule has 2 fully saturated rings.